The lowest BCUT2D eigenvalue weighted by molar-refractivity contribution is 0.0738. The van der Waals surface area contributed by atoms with Crippen LogP contribution in [0.3, 0.4) is 0 Å². The lowest BCUT2D eigenvalue weighted by Gasteiger charge is -2.17. The van der Waals surface area contributed by atoms with E-state index in [0.29, 0.717) is 23.9 Å². The topological polar surface area (TPSA) is 79.2 Å². The van der Waals surface area contributed by atoms with E-state index in [1.54, 1.807) is 33.2 Å². The quantitative estimate of drug-likeness (QED) is 0.169. The monoisotopic (exact) mass is 534 g/mol. The van der Waals surface area contributed by atoms with Gasteiger partial charge in [0, 0.05) is 51.5 Å². The second-order valence-electron chi connectivity index (χ2n) is 8.19. The number of hydrazine groups is 1. The molecule has 1 aliphatic rings. The largest absolute Gasteiger partial charge is 0.470 e. The minimum absolute atomic E-state index is 0. The Bertz CT molecular complexity index is 674. The van der Waals surface area contributed by atoms with Gasteiger partial charge in [-0.25, -0.2) is 10.0 Å². The number of aromatic nitrogens is 1. The maximum absolute atomic E-state index is 9.94. The molecule has 1 aromatic rings. The van der Waals surface area contributed by atoms with Crippen molar-refractivity contribution >= 4 is 36.6 Å². The van der Waals surface area contributed by atoms with E-state index in [1.807, 2.05) is 40.7 Å². The standard InChI is InChI=1S/C17H26N2O3S.C5H12N2.2C2H6.ClH/c1-12(8-9-21-5)16(22-11-23)19-13(2)14-6-7-15(18-10-14)17(3,4)20;1-5-3-6-7(2)4-5;2*1-2;/h6-7,10,12,20,23H,2,8-9,11H2,1,3-5H3;5-6H,3-4H2,1-2H3;2*1-2H3;1H. The molecule has 2 N–H and O–H groups in total. The van der Waals surface area contributed by atoms with Gasteiger partial charge in [0.05, 0.1) is 11.4 Å². The summed E-state index contributed by atoms with van der Waals surface area (Å²) in [4.78, 5) is 8.74. The average molecular weight is 535 g/mol. The van der Waals surface area contributed by atoms with Crippen LogP contribution in [-0.2, 0) is 15.1 Å². The molecule has 206 valence electrons. The van der Waals surface area contributed by atoms with Crippen LogP contribution in [0.1, 0.15) is 73.1 Å². The highest BCUT2D eigenvalue weighted by atomic mass is 35.5. The van der Waals surface area contributed by atoms with Crippen LogP contribution in [0, 0.1) is 11.8 Å². The van der Waals surface area contributed by atoms with E-state index in [9.17, 15) is 5.11 Å². The predicted molar refractivity (Wildman–Crippen MR) is 156 cm³/mol. The summed E-state index contributed by atoms with van der Waals surface area (Å²) in [5.74, 6) is 1.76. The molecule has 0 bridgehead atoms. The molecule has 1 fully saturated rings. The molecule has 0 radical (unpaired) electrons. The first-order chi connectivity index (χ1) is 16.1. The van der Waals surface area contributed by atoms with Gasteiger partial charge < -0.3 is 14.6 Å². The van der Waals surface area contributed by atoms with Gasteiger partial charge in [-0.05, 0) is 38.3 Å². The molecule has 2 rings (SSSR count). The fraction of sp³-hybridized carbons (Fsp3) is 0.692. The highest BCUT2D eigenvalue weighted by molar-refractivity contribution is 7.80. The molecule has 0 saturated carbocycles. The summed E-state index contributed by atoms with van der Waals surface area (Å²) in [5.41, 5.74) is 4.16. The number of hydrogen-bond acceptors (Lipinski definition) is 8. The van der Waals surface area contributed by atoms with E-state index in [2.05, 4.69) is 53.6 Å². The molecule has 9 heteroatoms. The number of aliphatic imine (C=N–C) groups is 1. The van der Waals surface area contributed by atoms with Gasteiger partial charge in [-0.3, -0.25) is 10.4 Å². The third-order valence-electron chi connectivity index (χ3n) is 4.65. The fourth-order valence-corrected chi connectivity index (χ4v) is 2.93. The Morgan fingerprint density at radius 1 is 1.34 bits per heavy atom. The first kappa shape index (κ1) is 38.4. The van der Waals surface area contributed by atoms with Gasteiger partial charge in [-0.1, -0.05) is 48.1 Å². The Kier molecular flexibility index (Phi) is 24.2. The molecule has 0 amide bonds. The highest BCUT2D eigenvalue weighted by Crippen LogP contribution is 2.21. The van der Waals surface area contributed by atoms with Crippen molar-refractivity contribution in [1.82, 2.24) is 15.4 Å². The molecular weight excluding hydrogens is 484 g/mol. The van der Waals surface area contributed by atoms with Gasteiger partial charge in [-0.15, -0.1) is 25.0 Å². The Hall–Kier alpha value is -1.16. The minimum Gasteiger partial charge on any atom is -0.470 e. The van der Waals surface area contributed by atoms with Crippen molar-refractivity contribution in [1.29, 1.82) is 0 Å². The van der Waals surface area contributed by atoms with Crippen molar-refractivity contribution in [2.75, 3.05) is 39.8 Å². The van der Waals surface area contributed by atoms with Crippen LogP contribution in [0.2, 0.25) is 0 Å². The van der Waals surface area contributed by atoms with E-state index < -0.39 is 5.60 Å². The second kappa shape index (κ2) is 22.1. The number of thiol groups is 1. The molecule has 1 saturated heterocycles. The molecule has 0 spiro atoms. The smallest absolute Gasteiger partial charge is 0.192 e. The normalized spacial score (nSPS) is 16.2. The van der Waals surface area contributed by atoms with Crippen molar-refractivity contribution in [2.45, 2.75) is 67.4 Å². The van der Waals surface area contributed by atoms with Crippen LogP contribution in [0.15, 0.2) is 29.9 Å². The number of hydrogen-bond donors (Lipinski definition) is 3. The third-order valence-corrected chi connectivity index (χ3v) is 4.78. The number of rotatable bonds is 8. The molecule has 1 aromatic heterocycles. The number of methoxy groups -OCH3 is 1. The summed E-state index contributed by atoms with van der Waals surface area (Å²) in [6.45, 7) is 22.6. The van der Waals surface area contributed by atoms with Crippen LogP contribution >= 0.6 is 25.0 Å². The molecule has 7 nitrogen and oxygen atoms in total. The van der Waals surface area contributed by atoms with Crippen molar-refractivity contribution in [3.05, 3.63) is 36.2 Å². The van der Waals surface area contributed by atoms with Gasteiger partial charge in [0.15, 0.2) is 5.90 Å². The lowest BCUT2D eigenvalue weighted by Crippen LogP contribution is -2.25. The first-order valence-corrected chi connectivity index (χ1v) is 12.9. The van der Waals surface area contributed by atoms with Crippen LogP contribution in [0.25, 0.3) is 5.70 Å². The first-order valence-electron chi connectivity index (χ1n) is 12.2. The minimum atomic E-state index is -0.974. The molecule has 0 aliphatic carbocycles. The van der Waals surface area contributed by atoms with E-state index in [4.69, 9.17) is 9.47 Å². The van der Waals surface area contributed by atoms with Crippen molar-refractivity contribution < 1.29 is 14.6 Å². The molecule has 2 heterocycles. The number of halogens is 1. The van der Waals surface area contributed by atoms with Crippen molar-refractivity contribution in [3.8, 4) is 0 Å². The van der Waals surface area contributed by atoms with E-state index in [-0.39, 0.29) is 24.3 Å². The lowest BCUT2D eigenvalue weighted by atomic mass is 10.0. The van der Waals surface area contributed by atoms with Crippen LogP contribution in [0.5, 0.6) is 0 Å². The van der Waals surface area contributed by atoms with E-state index >= 15 is 0 Å². The summed E-state index contributed by atoms with van der Waals surface area (Å²) in [5, 5.41) is 12.1. The fourth-order valence-electron chi connectivity index (χ4n) is 2.80. The molecule has 0 aromatic carbocycles. The number of ether oxygens (including phenoxy) is 2. The van der Waals surface area contributed by atoms with Gasteiger partial charge >= 0.3 is 0 Å². The summed E-state index contributed by atoms with van der Waals surface area (Å²) in [6.07, 6.45) is 2.45. The summed E-state index contributed by atoms with van der Waals surface area (Å²) < 4.78 is 10.6. The predicted octanol–water partition coefficient (Wildman–Crippen LogP) is 5.80. The number of nitrogens with one attached hydrogen (secondary N) is 1. The Balaban J connectivity index is -0.000000713. The van der Waals surface area contributed by atoms with Crippen molar-refractivity contribution in [3.63, 3.8) is 0 Å². The summed E-state index contributed by atoms with van der Waals surface area (Å²) in [6, 6.07) is 3.60. The summed E-state index contributed by atoms with van der Waals surface area (Å²) in [7, 11) is 3.74. The highest BCUT2D eigenvalue weighted by Gasteiger charge is 2.18. The maximum atomic E-state index is 9.94. The number of pyridine rings is 1. The second-order valence-corrected chi connectivity index (χ2v) is 8.45. The maximum Gasteiger partial charge on any atom is 0.192 e. The van der Waals surface area contributed by atoms with Gasteiger partial charge in [-0.2, -0.15) is 0 Å². The number of nitrogens with zero attached hydrogens (tertiary/aromatic N) is 3. The molecular formula is C26H51ClN4O3S. The molecule has 35 heavy (non-hydrogen) atoms. The zero-order chi connectivity index (χ0) is 26.7. The van der Waals surface area contributed by atoms with Gasteiger partial charge in [0.2, 0.25) is 0 Å². The molecule has 1 aliphatic heterocycles. The van der Waals surface area contributed by atoms with E-state index in [1.165, 1.54) is 6.54 Å². The Morgan fingerprint density at radius 3 is 2.29 bits per heavy atom. The van der Waals surface area contributed by atoms with Crippen molar-refractivity contribution in [2.24, 2.45) is 16.8 Å². The van der Waals surface area contributed by atoms with E-state index in [0.717, 1.165) is 24.4 Å². The molecule has 2 atom stereocenters. The zero-order valence-corrected chi connectivity index (χ0v) is 25.3. The Morgan fingerprint density at radius 2 is 1.94 bits per heavy atom. The van der Waals surface area contributed by atoms with Crippen LogP contribution in [-0.4, -0.2) is 60.8 Å². The molecule has 2 unspecified atom stereocenters. The van der Waals surface area contributed by atoms with Gasteiger partial charge in [0.25, 0.3) is 0 Å². The SMILES string of the molecule is C=C(N=C(OCS)C(C)CCOC)c1ccc(C(C)(C)O)nc1.CC.CC.CC1CNN(C)C1.Cl. The third kappa shape index (κ3) is 17.0. The van der Waals surface area contributed by atoms with Crippen LogP contribution in [0.4, 0.5) is 0 Å². The van der Waals surface area contributed by atoms with Crippen LogP contribution < -0.4 is 5.43 Å². The zero-order valence-electron chi connectivity index (χ0n) is 23.6. The Labute approximate surface area is 226 Å². The average Bonchev–Trinajstić information content (AvgIpc) is 3.22. The van der Waals surface area contributed by atoms with Gasteiger partial charge in [0.1, 0.15) is 11.5 Å². The summed E-state index contributed by atoms with van der Waals surface area (Å²) >= 11 is 4.10. The number of aliphatic hydroxyl groups is 1.